The lowest BCUT2D eigenvalue weighted by molar-refractivity contribution is 0.0657. The van der Waals surface area contributed by atoms with Crippen LogP contribution in [0.2, 0.25) is 0 Å². The molecule has 1 aromatic rings. The number of carbonyl (C=O) groups is 1. The number of rotatable bonds is 5. The van der Waals surface area contributed by atoms with Crippen molar-refractivity contribution in [2.75, 3.05) is 59.4 Å². The number of carbonyl (C=O) groups excluding carboxylic acids is 1. The maximum atomic E-state index is 12.4. The summed E-state index contributed by atoms with van der Waals surface area (Å²) in [4.78, 5) is 23.6. The lowest BCUT2D eigenvalue weighted by Crippen LogP contribution is -2.54. The monoisotopic (exact) mass is 517 g/mol. The van der Waals surface area contributed by atoms with Crippen molar-refractivity contribution < 1.29 is 9.21 Å². The highest BCUT2D eigenvalue weighted by Crippen LogP contribution is 2.17. The van der Waals surface area contributed by atoms with Crippen LogP contribution in [-0.2, 0) is 0 Å². The lowest BCUT2D eigenvalue weighted by atomic mass is 9.97. The molecule has 29 heavy (non-hydrogen) atoms. The van der Waals surface area contributed by atoms with Crippen molar-refractivity contribution in [1.29, 1.82) is 0 Å². The molecule has 1 atom stereocenters. The largest absolute Gasteiger partial charge is 0.459 e. The first kappa shape index (κ1) is 24.0. The summed E-state index contributed by atoms with van der Waals surface area (Å²) in [6, 6.07) is 3.48. The Bertz CT molecular complexity index is 642. The van der Waals surface area contributed by atoms with E-state index in [1.54, 1.807) is 18.4 Å². The Morgan fingerprint density at radius 3 is 2.59 bits per heavy atom. The first-order valence-corrected chi connectivity index (χ1v) is 10.6. The van der Waals surface area contributed by atoms with E-state index in [0.717, 1.165) is 31.5 Å². The van der Waals surface area contributed by atoms with E-state index >= 15 is 0 Å². The van der Waals surface area contributed by atoms with Crippen LogP contribution >= 0.6 is 24.0 Å². The number of guanidine groups is 1. The van der Waals surface area contributed by atoms with E-state index in [1.165, 1.54) is 32.5 Å². The fraction of sp³-hybridized carbons (Fsp3) is 0.714. The van der Waals surface area contributed by atoms with Gasteiger partial charge >= 0.3 is 0 Å². The minimum absolute atomic E-state index is 0. The maximum absolute atomic E-state index is 12.4. The molecule has 1 unspecified atom stereocenters. The molecular weight excluding hydrogens is 481 g/mol. The third-order valence-corrected chi connectivity index (χ3v) is 5.59. The number of nitrogens with zero attached hydrogens (tertiary/aromatic N) is 4. The number of piperidine rings is 1. The highest BCUT2D eigenvalue weighted by Gasteiger charge is 2.26. The van der Waals surface area contributed by atoms with Gasteiger partial charge in [-0.3, -0.25) is 9.79 Å². The number of nitrogens with one attached hydrogen (secondary N) is 1. The van der Waals surface area contributed by atoms with Crippen LogP contribution in [0.3, 0.4) is 0 Å². The molecule has 1 N–H and O–H groups in total. The average molecular weight is 517 g/mol. The van der Waals surface area contributed by atoms with Crippen LogP contribution in [0.15, 0.2) is 27.8 Å². The van der Waals surface area contributed by atoms with Crippen molar-refractivity contribution in [3.8, 4) is 0 Å². The average Bonchev–Trinajstić information content (AvgIpc) is 3.23. The predicted molar refractivity (Wildman–Crippen MR) is 127 cm³/mol. The molecule has 1 amide bonds. The Morgan fingerprint density at radius 2 is 1.97 bits per heavy atom. The van der Waals surface area contributed by atoms with Crippen LogP contribution in [0.5, 0.6) is 0 Å². The minimum Gasteiger partial charge on any atom is -0.459 e. The smallest absolute Gasteiger partial charge is 0.289 e. The van der Waals surface area contributed by atoms with Gasteiger partial charge in [0.05, 0.1) is 6.26 Å². The topological polar surface area (TPSA) is 64.3 Å². The summed E-state index contributed by atoms with van der Waals surface area (Å²) >= 11 is 0. The van der Waals surface area contributed by atoms with Crippen molar-refractivity contribution in [1.82, 2.24) is 20.0 Å². The molecular formula is C21H36IN5O2. The number of hydrogen-bond acceptors (Lipinski definition) is 4. The van der Waals surface area contributed by atoms with Crippen LogP contribution in [0.4, 0.5) is 0 Å². The molecule has 1 aromatic heterocycles. The van der Waals surface area contributed by atoms with Gasteiger partial charge in [-0.1, -0.05) is 13.8 Å². The number of aliphatic imine (C=N–C) groups is 1. The van der Waals surface area contributed by atoms with E-state index in [4.69, 9.17) is 4.42 Å². The first-order chi connectivity index (χ1) is 13.6. The van der Waals surface area contributed by atoms with Gasteiger partial charge in [-0.15, -0.1) is 24.0 Å². The summed E-state index contributed by atoms with van der Waals surface area (Å²) in [5.41, 5.74) is 0. The van der Waals surface area contributed by atoms with Crippen LogP contribution in [0.25, 0.3) is 0 Å². The molecule has 2 fully saturated rings. The van der Waals surface area contributed by atoms with Gasteiger partial charge in [-0.25, -0.2) is 0 Å². The van der Waals surface area contributed by atoms with Crippen LogP contribution in [0, 0.1) is 11.8 Å². The van der Waals surface area contributed by atoms with E-state index in [-0.39, 0.29) is 29.9 Å². The number of halogens is 1. The Kier molecular flexibility index (Phi) is 9.74. The van der Waals surface area contributed by atoms with Crippen LogP contribution < -0.4 is 5.32 Å². The molecule has 0 spiro atoms. The third kappa shape index (κ3) is 6.87. The summed E-state index contributed by atoms with van der Waals surface area (Å²) in [6.45, 7) is 12.1. The zero-order chi connectivity index (χ0) is 19.9. The van der Waals surface area contributed by atoms with Crippen LogP contribution in [-0.4, -0.2) is 86.0 Å². The molecule has 8 heteroatoms. The third-order valence-electron chi connectivity index (χ3n) is 5.59. The van der Waals surface area contributed by atoms with Gasteiger partial charge < -0.3 is 24.4 Å². The number of hydrogen-bond donors (Lipinski definition) is 1. The molecule has 0 aromatic carbocycles. The predicted octanol–water partition coefficient (Wildman–Crippen LogP) is 2.60. The van der Waals surface area contributed by atoms with Crippen molar-refractivity contribution in [3.05, 3.63) is 24.2 Å². The second kappa shape index (κ2) is 11.8. The standard InChI is InChI=1S/C21H35N5O2.HI/c1-17(2)15-24-8-4-6-18(16-24)14-23-21(22-3)26-11-9-25(10-12-26)20(27)19-7-5-13-28-19;/h5,7,13,17-18H,4,6,8-12,14-16H2,1-3H3,(H,22,23);1H. The molecule has 2 aliphatic rings. The Morgan fingerprint density at radius 1 is 1.24 bits per heavy atom. The number of amides is 1. The summed E-state index contributed by atoms with van der Waals surface area (Å²) in [6.07, 6.45) is 4.11. The highest BCUT2D eigenvalue weighted by molar-refractivity contribution is 14.0. The highest BCUT2D eigenvalue weighted by atomic mass is 127. The normalized spacial score (nSPS) is 21.2. The van der Waals surface area contributed by atoms with E-state index in [1.807, 2.05) is 11.9 Å². The van der Waals surface area contributed by atoms with Crippen molar-refractivity contribution in [2.45, 2.75) is 26.7 Å². The van der Waals surface area contributed by atoms with E-state index in [2.05, 4.69) is 34.0 Å². The van der Waals surface area contributed by atoms with Crippen molar-refractivity contribution in [2.24, 2.45) is 16.8 Å². The van der Waals surface area contributed by atoms with Gasteiger partial charge in [0.25, 0.3) is 5.91 Å². The van der Waals surface area contributed by atoms with Gasteiger partial charge in [0, 0.05) is 52.9 Å². The van der Waals surface area contributed by atoms with E-state index in [0.29, 0.717) is 24.8 Å². The molecule has 3 heterocycles. The molecule has 0 radical (unpaired) electrons. The molecule has 0 saturated carbocycles. The maximum Gasteiger partial charge on any atom is 0.289 e. The van der Waals surface area contributed by atoms with Gasteiger partial charge in [-0.2, -0.15) is 0 Å². The first-order valence-electron chi connectivity index (χ1n) is 10.6. The molecule has 7 nitrogen and oxygen atoms in total. The Balaban J connectivity index is 0.00000300. The fourth-order valence-corrected chi connectivity index (χ4v) is 4.25. The van der Waals surface area contributed by atoms with Crippen LogP contribution in [0.1, 0.15) is 37.2 Å². The zero-order valence-corrected chi connectivity index (χ0v) is 20.3. The summed E-state index contributed by atoms with van der Waals surface area (Å²) in [7, 11) is 1.84. The second-order valence-corrected chi connectivity index (χ2v) is 8.35. The Labute approximate surface area is 191 Å². The molecule has 3 rings (SSSR count). The second-order valence-electron chi connectivity index (χ2n) is 8.35. The number of furan rings is 1. The number of likely N-dealkylation sites (tertiary alicyclic amines) is 1. The number of piperazine rings is 1. The van der Waals surface area contributed by atoms with Gasteiger partial charge in [0.2, 0.25) is 0 Å². The molecule has 2 saturated heterocycles. The van der Waals surface area contributed by atoms with Gasteiger partial charge in [-0.05, 0) is 43.4 Å². The van der Waals surface area contributed by atoms with E-state index < -0.39 is 0 Å². The van der Waals surface area contributed by atoms with Gasteiger partial charge in [0.1, 0.15) is 0 Å². The molecule has 0 aliphatic carbocycles. The molecule has 0 bridgehead atoms. The quantitative estimate of drug-likeness (QED) is 0.370. The fourth-order valence-electron chi connectivity index (χ4n) is 4.25. The summed E-state index contributed by atoms with van der Waals surface area (Å²) in [5, 5.41) is 3.58. The summed E-state index contributed by atoms with van der Waals surface area (Å²) < 4.78 is 5.24. The molecule has 164 valence electrons. The lowest BCUT2D eigenvalue weighted by Gasteiger charge is -2.37. The summed E-state index contributed by atoms with van der Waals surface area (Å²) in [5.74, 6) is 2.73. The SMILES string of the molecule is CN=C(NCC1CCCN(CC(C)C)C1)N1CCN(C(=O)c2ccco2)CC1.I. The molecule has 2 aliphatic heterocycles. The zero-order valence-electron chi connectivity index (χ0n) is 18.0. The van der Waals surface area contributed by atoms with Crippen molar-refractivity contribution >= 4 is 35.8 Å². The minimum atomic E-state index is -0.0277. The van der Waals surface area contributed by atoms with Gasteiger partial charge in [0.15, 0.2) is 11.7 Å². The van der Waals surface area contributed by atoms with Crippen molar-refractivity contribution in [3.63, 3.8) is 0 Å². The van der Waals surface area contributed by atoms with E-state index in [9.17, 15) is 4.79 Å². The Hall–Kier alpha value is -1.29.